The first-order chi connectivity index (χ1) is 16.6. The molecule has 4 rings (SSSR count). The molecule has 2 aromatic rings. The van der Waals surface area contributed by atoms with E-state index >= 15 is 0 Å². The van der Waals surface area contributed by atoms with Crippen molar-refractivity contribution in [1.29, 1.82) is 5.26 Å². The number of primary amides is 1. The van der Waals surface area contributed by atoms with Gasteiger partial charge in [0.05, 0.1) is 28.7 Å². The zero-order valence-corrected chi connectivity index (χ0v) is 19.3. The number of aromatic nitrogens is 1. The molecule has 1 aromatic heterocycles. The largest absolute Gasteiger partial charge is 0.417 e. The number of carbonyl (C=O) groups excluding carboxylic acids is 2. The van der Waals surface area contributed by atoms with Gasteiger partial charge >= 0.3 is 6.18 Å². The zero-order chi connectivity index (χ0) is 25.3. The van der Waals surface area contributed by atoms with Gasteiger partial charge in [0.25, 0.3) is 5.91 Å². The first-order valence-corrected chi connectivity index (χ1v) is 11.5. The van der Waals surface area contributed by atoms with Crippen LogP contribution in [0.2, 0.25) is 0 Å². The number of carbonyl (C=O) groups is 2. The molecule has 0 spiro atoms. The Kier molecular flexibility index (Phi) is 6.70. The van der Waals surface area contributed by atoms with Gasteiger partial charge in [0.1, 0.15) is 0 Å². The van der Waals surface area contributed by atoms with Crippen molar-refractivity contribution in [2.24, 2.45) is 23.5 Å². The van der Waals surface area contributed by atoms with Crippen LogP contribution in [-0.2, 0) is 11.0 Å². The molecular formula is C25H26F3N5O2. The molecular weight excluding hydrogens is 459 g/mol. The number of alkyl halides is 3. The summed E-state index contributed by atoms with van der Waals surface area (Å²) in [4.78, 5) is 32.9. The monoisotopic (exact) mass is 485 g/mol. The smallest absolute Gasteiger partial charge is 0.372 e. The van der Waals surface area contributed by atoms with Gasteiger partial charge in [-0.15, -0.1) is 0 Å². The van der Waals surface area contributed by atoms with Crippen LogP contribution in [0.4, 0.5) is 18.9 Å². The molecule has 2 aliphatic heterocycles. The Morgan fingerprint density at radius 1 is 1.17 bits per heavy atom. The van der Waals surface area contributed by atoms with Crippen molar-refractivity contribution in [3.63, 3.8) is 0 Å². The van der Waals surface area contributed by atoms with Gasteiger partial charge in [-0.3, -0.25) is 14.6 Å². The highest BCUT2D eigenvalue weighted by molar-refractivity contribution is 5.96. The van der Waals surface area contributed by atoms with Crippen molar-refractivity contribution in [1.82, 2.24) is 9.88 Å². The molecule has 10 heteroatoms. The minimum Gasteiger partial charge on any atom is -0.372 e. The zero-order valence-electron chi connectivity index (χ0n) is 19.3. The Balaban J connectivity index is 1.47. The highest BCUT2D eigenvalue weighted by atomic mass is 19.4. The normalized spacial score (nSPS) is 21.1. The van der Waals surface area contributed by atoms with Gasteiger partial charge in [0.2, 0.25) is 5.91 Å². The second-order valence-corrected chi connectivity index (χ2v) is 9.24. The lowest BCUT2D eigenvalue weighted by atomic mass is 9.78. The van der Waals surface area contributed by atoms with E-state index < -0.39 is 29.1 Å². The van der Waals surface area contributed by atoms with E-state index in [4.69, 9.17) is 11.0 Å². The fourth-order valence-corrected chi connectivity index (χ4v) is 5.28. The average molecular weight is 486 g/mol. The molecule has 184 valence electrons. The summed E-state index contributed by atoms with van der Waals surface area (Å²) in [5.41, 5.74) is 6.06. The van der Waals surface area contributed by atoms with Crippen molar-refractivity contribution >= 4 is 17.5 Å². The molecule has 0 saturated carbocycles. The number of rotatable bonds is 4. The van der Waals surface area contributed by atoms with Gasteiger partial charge in [0, 0.05) is 44.3 Å². The SMILES string of the molecule is Cc1ccncc1C(=O)N1C[C@@H](C(N)=O)[C@H](C2CCN(c3ccc(C#N)c(C(F)(F)F)c3)CC2)C1. The Hall–Kier alpha value is -3.61. The van der Waals surface area contributed by atoms with Crippen molar-refractivity contribution in [2.75, 3.05) is 31.1 Å². The third-order valence-electron chi connectivity index (χ3n) is 7.23. The van der Waals surface area contributed by atoms with Gasteiger partial charge in [-0.25, -0.2) is 0 Å². The molecule has 0 unspecified atom stereocenters. The summed E-state index contributed by atoms with van der Waals surface area (Å²) in [6.07, 6.45) is -0.159. The van der Waals surface area contributed by atoms with E-state index in [2.05, 4.69) is 4.98 Å². The standard InChI is InChI=1S/C25H26F3N5O2/c1-15-4-7-31-12-19(15)24(35)33-13-20(21(14-33)23(30)34)16-5-8-32(9-6-16)18-3-2-17(11-29)22(10-18)25(26,27)28/h2-4,7,10,12,16,20-21H,5-6,8-9,13-14H2,1H3,(H2,30,34)/t20-,21+/m0/s1. The molecule has 2 aliphatic rings. The maximum Gasteiger partial charge on any atom is 0.417 e. The van der Waals surface area contributed by atoms with E-state index in [1.165, 1.54) is 18.3 Å². The Bertz CT molecular complexity index is 1170. The number of benzene rings is 1. The maximum absolute atomic E-state index is 13.4. The molecule has 2 saturated heterocycles. The summed E-state index contributed by atoms with van der Waals surface area (Å²) in [7, 11) is 0. The fourth-order valence-electron chi connectivity index (χ4n) is 5.28. The number of nitrogens with two attached hydrogens (primary N) is 1. The van der Waals surface area contributed by atoms with Crippen molar-refractivity contribution < 1.29 is 22.8 Å². The third kappa shape index (κ3) is 4.94. The van der Waals surface area contributed by atoms with E-state index in [0.717, 1.165) is 11.6 Å². The predicted octanol–water partition coefficient (Wildman–Crippen LogP) is 3.37. The predicted molar refractivity (Wildman–Crippen MR) is 122 cm³/mol. The van der Waals surface area contributed by atoms with Gasteiger partial charge in [-0.1, -0.05) is 0 Å². The number of anilines is 1. The van der Waals surface area contributed by atoms with E-state index in [0.29, 0.717) is 43.7 Å². The van der Waals surface area contributed by atoms with E-state index in [9.17, 15) is 22.8 Å². The number of likely N-dealkylation sites (tertiary alicyclic amines) is 1. The minimum atomic E-state index is -4.61. The van der Waals surface area contributed by atoms with E-state index in [-0.39, 0.29) is 24.3 Å². The van der Waals surface area contributed by atoms with Crippen LogP contribution < -0.4 is 10.6 Å². The van der Waals surface area contributed by atoms with Gasteiger partial charge < -0.3 is 15.5 Å². The third-order valence-corrected chi connectivity index (χ3v) is 7.23. The molecule has 2 N–H and O–H groups in total. The maximum atomic E-state index is 13.4. The fraction of sp³-hybridized carbons (Fsp3) is 0.440. The number of piperidine rings is 1. The molecule has 7 nitrogen and oxygen atoms in total. The van der Waals surface area contributed by atoms with Crippen LogP contribution in [0.1, 0.15) is 39.9 Å². The van der Waals surface area contributed by atoms with E-state index in [1.807, 2.05) is 11.8 Å². The summed E-state index contributed by atoms with van der Waals surface area (Å²) in [5.74, 6) is -1.10. The Labute approximate surface area is 201 Å². The Morgan fingerprint density at radius 3 is 2.49 bits per heavy atom. The number of pyridine rings is 1. The second kappa shape index (κ2) is 9.56. The average Bonchev–Trinajstić information content (AvgIpc) is 3.29. The van der Waals surface area contributed by atoms with Crippen LogP contribution >= 0.6 is 0 Å². The van der Waals surface area contributed by atoms with Crippen LogP contribution in [0.5, 0.6) is 0 Å². The Morgan fingerprint density at radius 2 is 1.89 bits per heavy atom. The van der Waals surface area contributed by atoms with Crippen LogP contribution in [0.25, 0.3) is 0 Å². The molecule has 2 amide bonds. The van der Waals surface area contributed by atoms with Crippen molar-refractivity contribution in [2.45, 2.75) is 25.9 Å². The number of nitrogens with zero attached hydrogens (tertiary/aromatic N) is 4. The second-order valence-electron chi connectivity index (χ2n) is 9.24. The first-order valence-electron chi connectivity index (χ1n) is 11.5. The summed E-state index contributed by atoms with van der Waals surface area (Å²) in [6, 6.07) is 7.12. The topological polar surface area (TPSA) is 103 Å². The number of hydrogen-bond acceptors (Lipinski definition) is 5. The molecule has 35 heavy (non-hydrogen) atoms. The van der Waals surface area contributed by atoms with Crippen LogP contribution in [0, 0.1) is 36.0 Å². The number of halogens is 3. The highest BCUT2D eigenvalue weighted by Crippen LogP contribution is 2.39. The van der Waals surface area contributed by atoms with Crippen molar-refractivity contribution in [3.8, 4) is 6.07 Å². The number of amides is 2. The number of aryl methyl sites for hydroxylation is 1. The summed E-state index contributed by atoms with van der Waals surface area (Å²) >= 11 is 0. The van der Waals surface area contributed by atoms with Gasteiger partial charge in [0.15, 0.2) is 0 Å². The minimum absolute atomic E-state index is 0.108. The molecule has 3 heterocycles. The number of hydrogen-bond donors (Lipinski definition) is 1. The molecule has 2 fully saturated rings. The van der Waals surface area contributed by atoms with Crippen LogP contribution in [-0.4, -0.2) is 47.9 Å². The van der Waals surface area contributed by atoms with Crippen molar-refractivity contribution in [3.05, 3.63) is 58.9 Å². The summed E-state index contributed by atoms with van der Waals surface area (Å²) in [5, 5.41) is 9.02. The lowest BCUT2D eigenvalue weighted by Crippen LogP contribution is -2.40. The van der Waals surface area contributed by atoms with Crippen LogP contribution in [0.3, 0.4) is 0 Å². The highest BCUT2D eigenvalue weighted by Gasteiger charge is 2.43. The van der Waals surface area contributed by atoms with E-state index in [1.54, 1.807) is 23.2 Å². The summed E-state index contributed by atoms with van der Waals surface area (Å²) in [6.45, 7) is 3.49. The molecule has 0 aliphatic carbocycles. The molecule has 1 aromatic carbocycles. The molecule has 0 radical (unpaired) electrons. The lowest BCUT2D eigenvalue weighted by molar-refractivity contribution is -0.137. The molecule has 0 bridgehead atoms. The summed E-state index contributed by atoms with van der Waals surface area (Å²) < 4.78 is 40.1. The van der Waals surface area contributed by atoms with Gasteiger partial charge in [-0.2, -0.15) is 18.4 Å². The number of nitriles is 1. The van der Waals surface area contributed by atoms with Crippen LogP contribution in [0.15, 0.2) is 36.7 Å². The molecule has 2 atom stereocenters. The quantitative estimate of drug-likeness (QED) is 0.715. The van der Waals surface area contributed by atoms with Gasteiger partial charge in [-0.05, 0) is 61.4 Å². The first kappa shape index (κ1) is 24.5. The lowest BCUT2D eigenvalue weighted by Gasteiger charge is -2.37.